The van der Waals surface area contributed by atoms with Crippen LogP contribution in [0.25, 0.3) is 10.9 Å². The average molecular weight is 979 g/mol. The van der Waals surface area contributed by atoms with Crippen LogP contribution < -0.4 is 35.6 Å². The Balaban J connectivity index is 0.633. The van der Waals surface area contributed by atoms with E-state index in [1.807, 2.05) is 12.1 Å². The molecule has 3 aromatic carbocycles. The Morgan fingerprint density at radius 2 is 1.56 bits per heavy atom. The van der Waals surface area contributed by atoms with E-state index in [9.17, 15) is 33.2 Å². The lowest BCUT2D eigenvalue weighted by atomic mass is 9.84. The van der Waals surface area contributed by atoms with Crippen molar-refractivity contribution in [1.29, 1.82) is 0 Å². The van der Waals surface area contributed by atoms with E-state index in [1.165, 1.54) is 41.8 Å². The van der Waals surface area contributed by atoms with Crippen LogP contribution in [0.3, 0.4) is 0 Å². The first kappa shape index (κ1) is 46.8. The highest BCUT2D eigenvalue weighted by molar-refractivity contribution is 6.17. The van der Waals surface area contributed by atoms with Gasteiger partial charge in [-0.1, -0.05) is 0 Å². The number of nitrogens with zero attached hydrogens (tertiary/aromatic N) is 6. The van der Waals surface area contributed by atoms with Crippen molar-refractivity contribution in [1.82, 2.24) is 30.0 Å². The zero-order chi connectivity index (χ0) is 49.7. The number of methoxy groups -OCH3 is 1. The van der Waals surface area contributed by atoms with E-state index in [1.54, 1.807) is 43.6 Å². The van der Waals surface area contributed by atoms with Gasteiger partial charge in [0.2, 0.25) is 29.5 Å². The number of amides is 6. The van der Waals surface area contributed by atoms with Crippen LogP contribution in [0.15, 0.2) is 85.2 Å². The number of pyridine rings is 2. The van der Waals surface area contributed by atoms with Crippen LogP contribution in [0, 0.1) is 17.2 Å². The molecule has 372 valence electrons. The van der Waals surface area contributed by atoms with Gasteiger partial charge in [-0.05, 0) is 123 Å². The van der Waals surface area contributed by atoms with Crippen LogP contribution in [0.5, 0.6) is 17.2 Å². The zero-order valence-corrected chi connectivity index (χ0v) is 39.8. The summed E-state index contributed by atoms with van der Waals surface area (Å²) in [6.07, 6.45) is 8.08. The Bertz CT molecular complexity index is 2970. The van der Waals surface area contributed by atoms with E-state index in [0.717, 1.165) is 67.9 Å². The quantitative estimate of drug-likeness (QED) is 0.0736. The molecule has 5 aromatic rings. The molecule has 12 rings (SSSR count). The number of piperazine rings is 1. The normalized spacial score (nSPS) is 21.6. The third-order valence-electron chi connectivity index (χ3n) is 15.2. The first-order valence-electron chi connectivity index (χ1n) is 24.7. The monoisotopic (exact) mass is 978 g/mol. The van der Waals surface area contributed by atoms with Crippen LogP contribution in [0.1, 0.15) is 67.3 Å². The number of nitrogens with one attached hydrogen (secondary N) is 4. The van der Waals surface area contributed by atoms with Crippen LogP contribution in [-0.2, 0) is 30.5 Å². The molecule has 18 nitrogen and oxygen atoms in total. The first-order valence-corrected chi connectivity index (χ1v) is 24.7. The number of carbonyl (C=O) groups excluding carboxylic acids is 6. The summed E-state index contributed by atoms with van der Waals surface area (Å²) in [5, 5.41) is 11.6. The molecule has 3 unspecified atom stereocenters. The van der Waals surface area contributed by atoms with Crippen molar-refractivity contribution in [2.75, 3.05) is 67.2 Å². The van der Waals surface area contributed by atoms with Crippen molar-refractivity contribution in [3.8, 4) is 17.2 Å². The lowest BCUT2D eigenvalue weighted by Gasteiger charge is -2.57. The fourth-order valence-electron chi connectivity index (χ4n) is 11.0. The summed E-state index contributed by atoms with van der Waals surface area (Å²) in [6, 6.07) is 20.2. The number of halogens is 1. The molecular formula is C53H55FN10O8. The van der Waals surface area contributed by atoms with Gasteiger partial charge in [0.05, 0.1) is 23.9 Å². The predicted molar refractivity (Wildman–Crippen MR) is 264 cm³/mol. The summed E-state index contributed by atoms with van der Waals surface area (Å²) in [5.74, 6) is 0.357. The number of imide groups is 1. The van der Waals surface area contributed by atoms with Gasteiger partial charge in [-0.25, -0.2) is 9.37 Å². The number of ether oxygens (including phenoxy) is 2. The minimum absolute atomic E-state index is 0.143. The van der Waals surface area contributed by atoms with Gasteiger partial charge in [0.25, 0.3) is 5.91 Å². The summed E-state index contributed by atoms with van der Waals surface area (Å²) >= 11 is 0. The molecule has 3 atom stereocenters. The molecule has 4 N–H and O–H groups in total. The summed E-state index contributed by atoms with van der Waals surface area (Å²) in [6.45, 7) is 5.57. The smallest absolute Gasteiger partial charge is 0.256 e. The Morgan fingerprint density at radius 3 is 2.24 bits per heavy atom. The highest BCUT2D eigenvalue weighted by atomic mass is 19.1. The van der Waals surface area contributed by atoms with Gasteiger partial charge in [-0.2, -0.15) is 0 Å². The van der Waals surface area contributed by atoms with E-state index in [2.05, 4.69) is 47.0 Å². The van der Waals surface area contributed by atoms with Crippen molar-refractivity contribution >= 4 is 69.2 Å². The molecule has 1 aliphatic carbocycles. The molecule has 6 aliphatic heterocycles. The second-order valence-corrected chi connectivity index (χ2v) is 19.8. The molecule has 2 aromatic heterocycles. The van der Waals surface area contributed by atoms with Gasteiger partial charge in [-0.3, -0.25) is 48.9 Å². The van der Waals surface area contributed by atoms with Gasteiger partial charge in [0, 0.05) is 99.9 Å². The minimum atomic E-state index is -1.18. The van der Waals surface area contributed by atoms with E-state index in [0.29, 0.717) is 83.6 Å². The lowest BCUT2D eigenvalue weighted by molar-refractivity contribution is -0.137. The molecule has 6 amide bonds. The third-order valence-corrected chi connectivity index (χ3v) is 15.2. The second kappa shape index (κ2) is 19.2. The van der Waals surface area contributed by atoms with Crippen molar-refractivity contribution in [2.45, 2.75) is 76.0 Å². The Kier molecular flexibility index (Phi) is 12.5. The number of fused-ring (bicyclic) bond motifs is 4. The van der Waals surface area contributed by atoms with Gasteiger partial charge in [0.1, 0.15) is 40.3 Å². The van der Waals surface area contributed by atoms with Gasteiger partial charge < -0.3 is 35.2 Å². The standard InChI is InChI=1S/C53H55FN10O8/c1-71-45-24-39-41(55-18-12-44(39)72-38-8-6-35(7-9-38)58-52(70)53(16-17-53)51(69)57-34-4-2-33(54)3-5-34)25-43(45)62-20-13-31(14-21-62)27-63-36-23-37(63)30-61(29-36)19-15-48(66)59-46-22-32-28-64(50(68)40(32)26-56-46)42-10-11-47(65)60-49(42)67/h2-9,12,18,22,24-26,31,36-37,42H,10-11,13-17,19-21,23,27-30H2,1H3,(H,57,69)(H,58,70)(H,56,59,66)(H,60,65,67). The van der Waals surface area contributed by atoms with Gasteiger partial charge >= 0.3 is 0 Å². The van der Waals surface area contributed by atoms with E-state index in [-0.39, 0.29) is 37.1 Å². The van der Waals surface area contributed by atoms with Gasteiger partial charge in [0.15, 0.2) is 0 Å². The number of hydrogen-bond donors (Lipinski definition) is 4. The number of hydrogen-bond acceptors (Lipinski definition) is 13. The Hall–Kier alpha value is -7.51. The molecule has 0 radical (unpaired) electrons. The van der Waals surface area contributed by atoms with Crippen LogP contribution >= 0.6 is 0 Å². The van der Waals surface area contributed by atoms with Gasteiger partial charge in [-0.15, -0.1) is 0 Å². The highest BCUT2D eigenvalue weighted by Gasteiger charge is 2.56. The molecule has 72 heavy (non-hydrogen) atoms. The summed E-state index contributed by atoms with van der Waals surface area (Å²) in [5.41, 5.74) is 2.63. The fourth-order valence-corrected chi connectivity index (χ4v) is 11.0. The maximum Gasteiger partial charge on any atom is 0.256 e. The van der Waals surface area contributed by atoms with Crippen molar-refractivity contribution in [2.24, 2.45) is 11.3 Å². The summed E-state index contributed by atoms with van der Waals surface area (Å²) in [4.78, 5) is 94.3. The van der Waals surface area contributed by atoms with Crippen molar-refractivity contribution in [3.05, 3.63) is 102 Å². The average Bonchev–Trinajstić information content (AvgIpc) is 4.15. The molecule has 19 heteroatoms. The molecule has 6 fully saturated rings. The second-order valence-electron chi connectivity index (χ2n) is 19.8. The highest BCUT2D eigenvalue weighted by Crippen LogP contribution is 2.48. The molecular weight excluding hydrogens is 924 g/mol. The molecule has 1 saturated carbocycles. The number of rotatable bonds is 15. The van der Waals surface area contributed by atoms with Crippen molar-refractivity contribution < 1.29 is 42.6 Å². The van der Waals surface area contributed by atoms with Crippen LogP contribution in [0.2, 0.25) is 0 Å². The molecule has 5 saturated heterocycles. The Labute approximate surface area is 414 Å². The number of piperidine rings is 3. The molecule has 2 bridgehead atoms. The number of aromatic nitrogens is 2. The fraction of sp³-hybridized carbons (Fsp3) is 0.396. The molecule has 8 heterocycles. The van der Waals surface area contributed by atoms with E-state index >= 15 is 0 Å². The minimum Gasteiger partial charge on any atom is -0.495 e. The first-order chi connectivity index (χ1) is 34.9. The summed E-state index contributed by atoms with van der Waals surface area (Å²) in [7, 11) is 1.68. The maximum atomic E-state index is 13.3. The largest absolute Gasteiger partial charge is 0.495 e. The van der Waals surface area contributed by atoms with E-state index < -0.39 is 35.0 Å². The summed E-state index contributed by atoms with van der Waals surface area (Å²) < 4.78 is 25.6. The van der Waals surface area contributed by atoms with Crippen LogP contribution in [-0.4, -0.2) is 125 Å². The topological polar surface area (TPSA) is 208 Å². The number of carbonyl (C=O) groups is 6. The zero-order valence-electron chi connectivity index (χ0n) is 39.8. The number of benzene rings is 3. The lowest BCUT2D eigenvalue weighted by Crippen LogP contribution is -2.69. The SMILES string of the molecule is COc1cc2c(Oc3ccc(NC(=O)C4(C(=O)Nc5ccc(F)cc5)CC4)cc3)ccnc2cc1N1CCC(CN2C3CC2CN(CCC(=O)Nc2cc4c(cn2)C(=O)N(C2CCC(=O)NC2=O)C4)C3)CC1. The predicted octanol–water partition coefficient (Wildman–Crippen LogP) is 5.69. The Morgan fingerprint density at radius 1 is 0.847 bits per heavy atom. The maximum absolute atomic E-state index is 13.3. The molecule has 0 spiro atoms. The third kappa shape index (κ3) is 9.41. The number of anilines is 4. The van der Waals surface area contributed by atoms with Crippen molar-refractivity contribution in [3.63, 3.8) is 0 Å². The van der Waals surface area contributed by atoms with Crippen LogP contribution in [0.4, 0.5) is 27.3 Å². The molecule has 7 aliphatic rings. The van der Waals surface area contributed by atoms with E-state index in [4.69, 9.17) is 14.5 Å².